The largest absolute Gasteiger partial charge is 0.481 e. The molecule has 0 aromatic carbocycles. The van der Waals surface area contributed by atoms with Crippen molar-refractivity contribution in [2.75, 3.05) is 6.61 Å². The Morgan fingerprint density at radius 2 is 1.46 bits per heavy atom. The molecule has 4 aliphatic rings. The quantitative estimate of drug-likeness (QED) is 0.547. The van der Waals surface area contributed by atoms with Crippen LogP contribution in [0.2, 0.25) is 0 Å². The van der Waals surface area contributed by atoms with Crippen LogP contribution in [0, 0.1) is 21.7 Å². The minimum Gasteiger partial charge on any atom is -0.481 e. The minimum absolute atomic E-state index is 0.0386. The number of carboxylic acid groups (broad SMARTS) is 1. The normalized spacial score (nSPS) is 43.0. The van der Waals surface area contributed by atoms with Crippen LogP contribution in [0.25, 0.3) is 0 Å². The van der Waals surface area contributed by atoms with E-state index in [2.05, 4.69) is 20.8 Å². The molecule has 0 radical (unpaired) electrons. The maximum absolute atomic E-state index is 13.0. The van der Waals surface area contributed by atoms with Crippen molar-refractivity contribution in [3.63, 3.8) is 0 Å². The molecule has 0 heterocycles. The number of carbonyl (C=O) groups is 2. The zero-order valence-corrected chi connectivity index (χ0v) is 15.5. The van der Waals surface area contributed by atoms with E-state index in [1.807, 2.05) is 0 Å². The average Bonchev–Trinajstić information content (AvgIpc) is 2.43. The predicted octanol–water partition coefficient (Wildman–Crippen LogP) is 4.56. The molecule has 2 unspecified atom stereocenters. The number of ether oxygens (including phenoxy) is 1. The Morgan fingerprint density at radius 1 is 0.875 bits per heavy atom. The van der Waals surface area contributed by atoms with E-state index in [0.29, 0.717) is 13.0 Å². The van der Waals surface area contributed by atoms with Crippen molar-refractivity contribution in [2.45, 2.75) is 85.0 Å². The lowest BCUT2D eigenvalue weighted by Crippen LogP contribution is -2.64. The highest BCUT2D eigenvalue weighted by Gasteiger charge is 2.70. The van der Waals surface area contributed by atoms with Gasteiger partial charge in [-0.2, -0.15) is 0 Å². The number of carboxylic acids is 1. The van der Waals surface area contributed by atoms with Crippen LogP contribution < -0.4 is 0 Å². The molecule has 4 bridgehead atoms. The van der Waals surface area contributed by atoms with Gasteiger partial charge in [-0.1, -0.05) is 40.0 Å². The zero-order valence-electron chi connectivity index (χ0n) is 15.5. The van der Waals surface area contributed by atoms with Gasteiger partial charge in [-0.25, -0.2) is 0 Å². The lowest BCUT2D eigenvalue weighted by molar-refractivity contribution is -0.218. The van der Waals surface area contributed by atoms with Crippen LogP contribution in [0.15, 0.2) is 0 Å². The molecule has 4 saturated carbocycles. The van der Waals surface area contributed by atoms with E-state index in [1.165, 1.54) is 6.42 Å². The third-order valence-corrected chi connectivity index (χ3v) is 6.71. The average molecular weight is 336 g/mol. The summed E-state index contributed by atoms with van der Waals surface area (Å²) in [5.41, 5.74) is -1.37. The van der Waals surface area contributed by atoms with Gasteiger partial charge in [0.25, 0.3) is 0 Å². The third kappa shape index (κ3) is 2.86. The van der Waals surface area contributed by atoms with E-state index in [9.17, 15) is 14.7 Å². The molecule has 0 amide bonds. The van der Waals surface area contributed by atoms with Crippen molar-refractivity contribution in [1.82, 2.24) is 0 Å². The van der Waals surface area contributed by atoms with Crippen LogP contribution in [0.3, 0.4) is 0 Å². The second-order valence-corrected chi connectivity index (χ2v) is 9.74. The summed E-state index contributed by atoms with van der Waals surface area (Å²) in [6, 6.07) is 0. The van der Waals surface area contributed by atoms with E-state index >= 15 is 0 Å². The SMILES string of the molecule is CCCCCCOC(=O)C12CC3(C)CC(C)(CC(C(=O)O)(C3)C1)C2. The molecule has 4 fully saturated rings. The van der Waals surface area contributed by atoms with Gasteiger partial charge >= 0.3 is 11.9 Å². The first kappa shape index (κ1) is 17.8. The van der Waals surface area contributed by atoms with Crippen LogP contribution in [0.4, 0.5) is 0 Å². The van der Waals surface area contributed by atoms with Crippen molar-refractivity contribution in [2.24, 2.45) is 21.7 Å². The molecule has 1 N–H and O–H groups in total. The topological polar surface area (TPSA) is 63.6 Å². The first-order valence-electron chi connectivity index (χ1n) is 9.57. The van der Waals surface area contributed by atoms with E-state index < -0.39 is 16.8 Å². The summed E-state index contributed by atoms with van der Waals surface area (Å²) < 4.78 is 5.66. The van der Waals surface area contributed by atoms with Crippen molar-refractivity contribution < 1.29 is 19.4 Å². The predicted molar refractivity (Wildman–Crippen MR) is 91.5 cm³/mol. The molecular formula is C20H32O4. The molecule has 4 rings (SSSR count). The van der Waals surface area contributed by atoms with Gasteiger partial charge < -0.3 is 9.84 Å². The van der Waals surface area contributed by atoms with Gasteiger partial charge in [0.1, 0.15) is 0 Å². The second-order valence-electron chi connectivity index (χ2n) is 9.74. The molecule has 24 heavy (non-hydrogen) atoms. The Labute approximate surface area is 145 Å². The Kier molecular flexibility index (Phi) is 4.25. The Hall–Kier alpha value is -1.06. The number of carbonyl (C=O) groups excluding carboxylic acids is 1. The molecule has 0 aromatic rings. The van der Waals surface area contributed by atoms with Crippen LogP contribution in [-0.4, -0.2) is 23.7 Å². The second kappa shape index (κ2) is 5.74. The van der Waals surface area contributed by atoms with Gasteiger partial charge in [0.05, 0.1) is 17.4 Å². The zero-order chi connectivity index (χ0) is 17.6. The molecule has 0 spiro atoms. The van der Waals surface area contributed by atoms with Crippen molar-refractivity contribution in [3.05, 3.63) is 0 Å². The van der Waals surface area contributed by atoms with E-state index in [0.717, 1.165) is 51.4 Å². The number of hydrogen-bond acceptors (Lipinski definition) is 3. The van der Waals surface area contributed by atoms with Crippen LogP contribution in [0.5, 0.6) is 0 Å². The molecular weight excluding hydrogens is 304 g/mol. The maximum Gasteiger partial charge on any atom is 0.312 e. The lowest BCUT2D eigenvalue weighted by Gasteiger charge is -2.67. The van der Waals surface area contributed by atoms with E-state index in [4.69, 9.17) is 4.74 Å². The summed E-state index contributed by atoms with van der Waals surface area (Å²) in [6.45, 7) is 7.01. The lowest BCUT2D eigenvalue weighted by atomic mass is 9.36. The smallest absolute Gasteiger partial charge is 0.312 e. The number of aliphatic carboxylic acids is 1. The summed E-state index contributed by atoms with van der Waals surface area (Å²) in [6.07, 6.45) is 8.90. The Balaban J connectivity index is 1.77. The van der Waals surface area contributed by atoms with Gasteiger partial charge in [0.15, 0.2) is 0 Å². The van der Waals surface area contributed by atoms with Gasteiger partial charge in [0.2, 0.25) is 0 Å². The van der Waals surface area contributed by atoms with Crippen molar-refractivity contribution >= 4 is 11.9 Å². The molecule has 136 valence electrons. The number of rotatable bonds is 7. The molecule has 2 atom stereocenters. The minimum atomic E-state index is -0.723. The van der Waals surface area contributed by atoms with Gasteiger partial charge in [-0.05, 0) is 55.8 Å². The number of hydrogen-bond donors (Lipinski definition) is 1. The fraction of sp³-hybridized carbons (Fsp3) is 0.900. The third-order valence-electron chi connectivity index (χ3n) is 6.71. The summed E-state index contributed by atoms with van der Waals surface area (Å²) in [5, 5.41) is 9.92. The molecule has 4 aliphatic carbocycles. The first-order chi connectivity index (χ1) is 11.2. The standard InChI is InChI=1S/C20H32O4/c1-4-5-6-7-8-24-16(23)20-12-17(2)9-18(3,13-20)11-19(10-17,14-20)15(21)22/h4-14H2,1-3H3,(H,21,22). The summed E-state index contributed by atoms with van der Waals surface area (Å²) >= 11 is 0. The Morgan fingerprint density at radius 3 is 2.00 bits per heavy atom. The Bertz CT molecular complexity index is 520. The van der Waals surface area contributed by atoms with Crippen LogP contribution in [0.1, 0.15) is 85.0 Å². The maximum atomic E-state index is 13.0. The molecule has 0 aliphatic heterocycles. The van der Waals surface area contributed by atoms with Crippen molar-refractivity contribution in [3.8, 4) is 0 Å². The molecule has 0 saturated heterocycles. The molecule has 4 nitrogen and oxygen atoms in total. The number of esters is 1. The highest BCUT2D eigenvalue weighted by Crippen LogP contribution is 2.73. The highest BCUT2D eigenvalue weighted by molar-refractivity contribution is 5.82. The van der Waals surface area contributed by atoms with Crippen LogP contribution >= 0.6 is 0 Å². The summed E-state index contributed by atoms with van der Waals surface area (Å²) in [4.78, 5) is 25.0. The van der Waals surface area contributed by atoms with Crippen molar-refractivity contribution in [1.29, 1.82) is 0 Å². The highest BCUT2D eigenvalue weighted by atomic mass is 16.5. The van der Waals surface area contributed by atoms with Gasteiger partial charge in [-0.15, -0.1) is 0 Å². The fourth-order valence-corrected chi connectivity index (χ4v) is 6.99. The molecule has 0 aromatic heterocycles. The fourth-order valence-electron chi connectivity index (χ4n) is 6.99. The van der Waals surface area contributed by atoms with Crippen LogP contribution in [-0.2, 0) is 14.3 Å². The molecule has 4 heteroatoms. The first-order valence-corrected chi connectivity index (χ1v) is 9.57. The number of unbranched alkanes of at least 4 members (excludes halogenated alkanes) is 3. The summed E-state index contributed by atoms with van der Waals surface area (Å²) in [7, 11) is 0. The van der Waals surface area contributed by atoms with Gasteiger partial charge in [-0.3, -0.25) is 9.59 Å². The monoisotopic (exact) mass is 336 g/mol. The van der Waals surface area contributed by atoms with Gasteiger partial charge in [0, 0.05) is 0 Å². The van der Waals surface area contributed by atoms with E-state index in [1.54, 1.807) is 0 Å². The summed E-state index contributed by atoms with van der Waals surface area (Å²) in [5.74, 6) is -0.833. The van der Waals surface area contributed by atoms with E-state index in [-0.39, 0.29) is 16.8 Å².